The standard InChI is InChI=1S/C7H13F4N3O/c1-2-4(5(12)14-15)13-3-7(10,11)6(8)9/h4,6,13,15H,2-3H2,1H3,(H2,12,14). The van der Waals surface area contributed by atoms with Crippen molar-refractivity contribution in [3.8, 4) is 0 Å². The van der Waals surface area contributed by atoms with Crippen molar-refractivity contribution in [1.82, 2.24) is 5.32 Å². The number of rotatable bonds is 6. The van der Waals surface area contributed by atoms with Crippen molar-refractivity contribution in [2.75, 3.05) is 6.54 Å². The molecule has 90 valence electrons. The Labute approximate surface area is 84.1 Å². The Hall–Kier alpha value is -1.05. The van der Waals surface area contributed by atoms with Gasteiger partial charge < -0.3 is 16.3 Å². The highest BCUT2D eigenvalue weighted by Crippen LogP contribution is 2.21. The van der Waals surface area contributed by atoms with Crippen LogP contribution in [0.4, 0.5) is 17.6 Å². The lowest BCUT2D eigenvalue weighted by Gasteiger charge is -2.20. The number of hydrogen-bond donors (Lipinski definition) is 3. The van der Waals surface area contributed by atoms with E-state index in [1.807, 2.05) is 0 Å². The van der Waals surface area contributed by atoms with E-state index in [-0.39, 0.29) is 12.3 Å². The minimum Gasteiger partial charge on any atom is -0.409 e. The molecule has 4 N–H and O–H groups in total. The van der Waals surface area contributed by atoms with Crippen LogP contribution in [0.2, 0.25) is 0 Å². The zero-order valence-corrected chi connectivity index (χ0v) is 8.05. The number of hydrogen-bond acceptors (Lipinski definition) is 3. The van der Waals surface area contributed by atoms with E-state index in [0.29, 0.717) is 0 Å². The predicted molar refractivity (Wildman–Crippen MR) is 46.4 cm³/mol. The van der Waals surface area contributed by atoms with Gasteiger partial charge in [0.25, 0.3) is 0 Å². The normalized spacial score (nSPS) is 15.7. The van der Waals surface area contributed by atoms with Crippen molar-refractivity contribution in [3.63, 3.8) is 0 Å². The van der Waals surface area contributed by atoms with Gasteiger partial charge in [-0.15, -0.1) is 0 Å². The molecule has 0 bridgehead atoms. The van der Waals surface area contributed by atoms with E-state index < -0.39 is 24.9 Å². The molecule has 0 radical (unpaired) electrons. The molecular weight excluding hydrogens is 218 g/mol. The summed E-state index contributed by atoms with van der Waals surface area (Å²) < 4.78 is 48.4. The van der Waals surface area contributed by atoms with E-state index in [1.54, 1.807) is 6.92 Å². The quantitative estimate of drug-likeness (QED) is 0.210. The molecule has 1 atom stereocenters. The summed E-state index contributed by atoms with van der Waals surface area (Å²) in [6.07, 6.45) is -3.50. The molecule has 0 aromatic heterocycles. The van der Waals surface area contributed by atoms with Gasteiger partial charge in [0.1, 0.15) is 0 Å². The average molecular weight is 231 g/mol. The molecule has 0 aliphatic carbocycles. The second kappa shape index (κ2) is 5.74. The Balaban J connectivity index is 4.24. The Morgan fingerprint density at radius 2 is 2.07 bits per heavy atom. The van der Waals surface area contributed by atoms with Gasteiger partial charge in [-0.2, -0.15) is 8.78 Å². The van der Waals surface area contributed by atoms with Crippen molar-refractivity contribution in [3.05, 3.63) is 0 Å². The largest absolute Gasteiger partial charge is 0.409 e. The molecule has 4 nitrogen and oxygen atoms in total. The van der Waals surface area contributed by atoms with Gasteiger partial charge in [0.15, 0.2) is 5.84 Å². The first-order valence-corrected chi connectivity index (χ1v) is 4.22. The van der Waals surface area contributed by atoms with Crippen LogP contribution in [0.1, 0.15) is 13.3 Å². The second-order valence-electron chi connectivity index (χ2n) is 2.93. The molecule has 15 heavy (non-hydrogen) atoms. The summed E-state index contributed by atoms with van der Waals surface area (Å²) in [6, 6.07) is -0.848. The molecule has 8 heteroatoms. The van der Waals surface area contributed by atoms with Gasteiger partial charge >= 0.3 is 12.3 Å². The Bertz CT molecular complexity index is 222. The van der Waals surface area contributed by atoms with Gasteiger partial charge in [0.2, 0.25) is 0 Å². The van der Waals surface area contributed by atoms with Crippen LogP contribution in [0.5, 0.6) is 0 Å². The number of nitrogens with zero attached hydrogens (tertiary/aromatic N) is 1. The lowest BCUT2D eigenvalue weighted by Crippen LogP contribution is -2.48. The van der Waals surface area contributed by atoms with Crippen LogP contribution < -0.4 is 11.1 Å². The van der Waals surface area contributed by atoms with Crippen LogP contribution >= 0.6 is 0 Å². The van der Waals surface area contributed by atoms with Crippen LogP contribution in [-0.4, -0.2) is 36.0 Å². The molecular formula is C7H13F4N3O. The van der Waals surface area contributed by atoms with Gasteiger partial charge in [0, 0.05) is 0 Å². The number of nitrogens with one attached hydrogen (secondary N) is 1. The smallest absolute Gasteiger partial charge is 0.319 e. The molecule has 0 heterocycles. The highest BCUT2D eigenvalue weighted by molar-refractivity contribution is 5.85. The molecule has 0 amide bonds. The van der Waals surface area contributed by atoms with E-state index in [4.69, 9.17) is 10.9 Å². The fourth-order valence-corrected chi connectivity index (χ4v) is 0.864. The maximum atomic E-state index is 12.5. The van der Waals surface area contributed by atoms with Crippen LogP contribution in [0.15, 0.2) is 5.16 Å². The third-order valence-corrected chi connectivity index (χ3v) is 1.78. The lowest BCUT2D eigenvalue weighted by atomic mass is 10.2. The van der Waals surface area contributed by atoms with Crippen molar-refractivity contribution in [2.45, 2.75) is 31.7 Å². The summed E-state index contributed by atoms with van der Waals surface area (Å²) in [7, 11) is 0. The Morgan fingerprint density at radius 1 is 1.53 bits per heavy atom. The highest BCUT2D eigenvalue weighted by Gasteiger charge is 2.40. The summed E-state index contributed by atoms with van der Waals surface area (Å²) in [5, 5.41) is 13.0. The maximum Gasteiger partial charge on any atom is 0.319 e. The molecule has 0 saturated carbocycles. The lowest BCUT2D eigenvalue weighted by molar-refractivity contribution is -0.125. The minimum absolute atomic E-state index is 0.245. The number of nitrogens with two attached hydrogens (primary N) is 1. The molecule has 0 aromatic carbocycles. The van der Waals surface area contributed by atoms with E-state index in [1.165, 1.54) is 0 Å². The molecule has 0 fully saturated rings. The molecule has 0 aliphatic rings. The van der Waals surface area contributed by atoms with Gasteiger partial charge in [-0.25, -0.2) is 8.78 Å². The summed E-state index contributed by atoms with van der Waals surface area (Å²) in [4.78, 5) is 0. The van der Waals surface area contributed by atoms with Crippen LogP contribution in [0.25, 0.3) is 0 Å². The zero-order chi connectivity index (χ0) is 12.1. The maximum absolute atomic E-state index is 12.5. The van der Waals surface area contributed by atoms with Gasteiger partial charge in [-0.1, -0.05) is 12.1 Å². The number of oxime groups is 1. The summed E-state index contributed by atoms with van der Waals surface area (Å²) in [5.74, 6) is -4.44. The van der Waals surface area contributed by atoms with Crippen LogP contribution in [0, 0.1) is 0 Å². The minimum atomic E-state index is -4.12. The third-order valence-electron chi connectivity index (χ3n) is 1.78. The monoisotopic (exact) mass is 231 g/mol. The first-order valence-electron chi connectivity index (χ1n) is 4.22. The predicted octanol–water partition coefficient (Wildman–Crippen LogP) is 1.00. The van der Waals surface area contributed by atoms with Crippen molar-refractivity contribution >= 4 is 5.84 Å². The summed E-state index contributed by atoms with van der Waals surface area (Å²) in [6.45, 7) is 0.357. The van der Waals surface area contributed by atoms with E-state index in [2.05, 4.69) is 10.5 Å². The first-order chi connectivity index (χ1) is 6.85. The van der Waals surface area contributed by atoms with E-state index in [0.717, 1.165) is 0 Å². The topological polar surface area (TPSA) is 70.6 Å². The molecule has 1 unspecified atom stereocenters. The van der Waals surface area contributed by atoms with E-state index in [9.17, 15) is 17.6 Å². The molecule has 0 spiro atoms. The summed E-state index contributed by atoms with van der Waals surface area (Å²) in [5.41, 5.74) is 5.14. The highest BCUT2D eigenvalue weighted by atomic mass is 19.3. The molecule has 0 rings (SSSR count). The summed E-state index contributed by atoms with van der Waals surface area (Å²) >= 11 is 0. The fourth-order valence-electron chi connectivity index (χ4n) is 0.864. The third kappa shape index (κ3) is 4.32. The van der Waals surface area contributed by atoms with Crippen LogP contribution in [-0.2, 0) is 0 Å². The molecule has 0 aliphatic heterocycles. The number of halogens is 4. The Morgan fingerprint density at radius 3 is 2.40 bits per heavy atom. The van der Waals surface area contributed by atoms with Gasteiger partial charge in [-0.05, 0) is 6.42 Å². The SMILES string of the molecule is CCC(NCC(F)(F)C(F)F)C(N)=NO. The van der Waals surface area contributed by atoms with Gasteiger partial charge in [-0.3, -0.25) is 0 Å². The zero-order valence-electron chi connectivity index (χ0n) is 8.05. The van der Waals surface area contributed by atoms with Crippen molar-refractivity contribution in [1.29, 1.82) is 0 Å². The number of alkyl halides is 4. The van der Waals surface area contributed by atoms with Crippen LogP contribution in [0.3, 0.4) is 0 Å². The van der Waals surface area contributed by atoms with Crippen molar-refractivity contribution in [2.24, 2.45) is 10.9 Å². The fraction of sp³-hybridized carbons (Fsp3) is 0.857. The second-order valence-corrected chi connectivity index (χ2v) is 2.93. The average Bonchev–Trinajstić information content (AvgIpc) is 2.17. The van der Waals surface area contributed by atoms with E-state index >= 15 is 0 Å². The molecule has 0 saturated heterocycles. The molecule has 0 aromatic rings. The van der Waals surface area contributed by atoms with Gasteiger partial charge in [0.05, 0.1) is 12.6 Å². The van der Waals surface area contributed by atoms with Crippen molar-refractivity contribution < 1.29 is 22.8 Å². The Kier molecular flexibility index (Phi) is 5.34. The number of amidine groups is 1. The first kappa shape index (κ1) is 13.9.